The van der Waals surface area contributed by atoms with Gasteiger partial charge >= 0.3 is 12.0 Å². The van der Waals surface area contributed by atoms with Crippen LogP contribution < -0.4 is 16.1 Å². The standard InChI is InChI=1S/C17H21N3O6/c1-10(2)13(15(22)18-12-9-26-20-16(23)14(12)21)19-17(24)25-8-11-6-4-3-5-7-11/h3-7,10,12-13H,8-9H2,1-2H3,(H,18,22)(H,19,24)(H,20,23). The summed E-state index contributed by atoms with van der Waals surface area (Å²) in [4.78, 5) is 52.1. The van der Waals surface area contributed by atoms with Crippen LogP contribution in [0.15, 0.2) is 30.3 Å². The van der Waals surface area contributed by atoms with Crippen molar-refractivity contribution >= 4 is 23.7 Å². The van der Waals surface area contributed by atoms with Gasteiger partial charge in [-0.25, -0.2) is 10.3 Å². The van der Waals surface area contributed by atoms with Crippen LogP contribution in [0.1, 0.15) is 19.4 Å². The Bertz CT molecular complexity index is 676. The number of benzene rings is 1. The topological polar surface area (TPSA) is 123 Å². The second-order valence-electron chi connectivity index (χ2n) is 6.10. The Morgan fingerprint density at radius 3 is 2.62 bits per heavy atom. The highest BCUT2D eigenvalue weighted by atomic mass is 16.7. The highest BCUT2D eigenvalue weighted by molar-refractivity contribution is 6.38. The Balaban J connectivity index is 1.90. The molecular formula is C17H21N3O6. The van der Waals surface area contributed by atoms with Crippen molar-refractivity contribution in [1.82, 2.24) is 16.1 Å². The maximum absolute atomic E-state index is 12.4. The number of amides is 3. The lowest BCUT2D eigenvalue weighted by Crippen LogP contribution is -2.59. The molecule has 2 rings (SSSR count). The minimum absolute atomic E-state index is 0.0637. The number of carbonyl (C=O) groups is 4. The van der Waals surface area contributed by atoms with Crippen LogP contribution in [0.25, 0.3) is 0 Å². The molecule has 0 aromatic heterocycles. The Morgan fingerprint density at radius 2 is 1.96 bits per heavy atom. The van der Waals surface area contributed by atoms with Crippen molar-refractivity contribution in [3.05, 3.63) is 35.9 Å². The van der Waals surface area contributed by atoms with Crippen LogP contribution in [0.2, 0.25) is 0 Å². The number of carbonyl (C=O) groups excluding carboxylic acids is 4. The van der Waals surface area contributed by atoms with Gasteiger partial charge in [0.15, 0.2) is 0 Å². The van der Waals surface area contributed by atoms with Crippen LogP contribution in [-0.4, -0.2) is 42.4 Å². The maximum Gasteiger partial charge on any atom is 0.408 e. The average Bonchev–Trinajstić information content (AvgIpc) is 2.62. The van der Waals surface area contributed by atoms with Crippen molar-refractivity contribution in [3.8, 4) is 0 Å². The predicted octanol–water partition coefficient (Wildman–Crippen LogP) is 0.0527. The van der Waals surface area contributed by atoms with Gasteiger partial charge in [-0.2, -0.15) is 0 Å². The molecule has 2 unspecified atom stereocenters. The number of hydroxylamine groups is 1. The molecule has 1 fully saturated rings. The lowest BCUT2D eigenvalue weighted by molar-refractivity contribution is -0.155. The molecule has 3 amide bonds. The highest BCUT2D eigenvalue weighted by Crippen LogP contribution is 2.06. The maximum atomic E-state index is 12.4. The van der Waals surface area contributed by atoms with Crippen LogP contribution in [0, 0.1) is 5.92 Å². The molecule has 0 radical (unpaired) electrons. The molecule has 1 saturated heterocycles. The van der Waals surface area contributed by atoms with Gasteiger partial charge in [-0.1, -0.05) is 44.2 Å². The molecule has 2 atom stereocenters. The third-order valence-electron chi connectivity index (χ3n) is 3.71. The van der Waals surface area contributed by atoms with Gasteiger partial charge in [0, 0.05) is 0 Å². The zero-order valence-corrected chi connectivity index (χ0v) is 14.5. The molecule has 0 aliphatic carbocycles. The first-order valence-corrected chi connectivity index (χ1v) is 8.12. The lowest BCUT2D eigenvalue weighted by atomic mass is 10.0. The van der Waals surface area contributed by atoms with Gasteiger partial charge in [0.05, 0.1) is 0 Å². The van der Waals surface area contributed by atoms with Crippen LogP contribution >= 0.6 is 0 Å². The number of hydrogen-bond donors (Lipinski definition) is 3. The molecule has 0 bridgehead atoms. The molecule has 9 heteroatoms. The van der Waals surface area contributed by atoms with E-state index in [0.29, 0.717) is 0 Å². The number of hydrogen-bond acceptors (Lipinski definition) is 6. The van der Waals surface area contributed by atoms with E-state index in [9.17, 15) is 19.2 Å². The van der Waals surface area contributed by atoms with Gasteiger partial charge in [0.1, 0.15) is 25.3 Å². The number of alkyl carbamates (subject to hydrolysis) is 1. The highest BCUT2D eigenvalue weighted by Gasteiger charge is 2.34. The number of rotatable bonds is 6. The van der Waals surface area contributed by atoms with E-state index in [1.54, 1.807) is 26.0 Å². The van der Waals surface area contributed by atoms with Crippen molar-refractivity contribution < 1.29 is 28.8 Å². The van der Waals surface area contributed by atoms with Gasteiger partial charge in [-0.3, -0.25) is 19.2 Å². The van der Waals surface area contributed by atoms with E-state index < -0.39 is 35.8 Å². The fourth-order valence-electron chi connectivity index (χ4n) is 2.27. The van der Waals surface area contributed by atoms with Gasteiger partial charge in [-0.05, 0) is 11.5 Å². The molecule has 1 aromatic carbocycles. The van der Waals surface area contributed by atoms with E-state index in [0.717, 1.165) is 5.56 Å². The zero-order valence-electron chi connectivity index (χ0n) is 14.5. The molecule has 1 heterocycles. The summed E-state index contributed by atoms with van der Waals surface area (Å²) in [5, 5.41) is 4.89. The van der Waals surface area contributed by atoms with Crippen LogP contribution in [-0.2, 0) is 30.6 Å². The van der Waals surface area contributed by atoms with E-state index in [2.05, 4.69) is 10.6 Å². The lowest BCUT2D eigenvalue weighted by Gasteiger charge is -2.26. The molecular weight excluding hydrogens is 342 g/mol. The Labute approximate surface area is 150 Å². The van der Waals surface area contributed by atoms with Crippen molar-refractivity contribution in [2.75, 3.05) is 6.61 Å². The monoisotopic (exact) mass is 363 g/mol. The fraction of sp³-hybridized carbons (Fsp3) is 0.412. The minimum Gasteiger partial charge on any atom is -0.445 e. The predicted molar refractivity (Wildman–Crippen MR) is 89.4 cm³/mol. The zero-order chi connectivity index (χ0) is 19.1. The van der Waals surface area contributed by atoms with Crippen molar-refractivity contribution in [1.29, 1.82) is 0 Å². The normalized spacial score (nSPS) is 18.0. The second-order valence-corrected chi connectivity index (χ2v) is 6.10. The van der Waals surface area contributed by atoms with Crippen LogP contribution in [0.3, 0.4) is 0 Å². The SMILES string of the molecule is CC(C)C(NC(=O)OCc1ccccc1)C(=O)NC1CONC(=O)C1=O. The van der Waals surface area contributed by atoms with E-state index in [-0.39, 0.29) is 19.1 Å². The van der Waals surface area contributed by atoms with Gasteiger partial charge < -0.3 is 15.4 Å². The van der Waals surface area contributed by atoms with Crippen LogP contribution in [0.5, 0.6) is 0 Å². The van der Waals surface area contributed by atoms with Crippen molar-refractivity contribution in [2.45, 2.75) is 32.5 Å². The Morgan fingerprint density at radius 1 is 1.27 bits per heavy atom. The second kappa shape index (κ2) is 8.95. The van der Waals surface area contributed by atoms with Crippen LogP contribution in [0.4, 0.5) is 4.79 Å². The van der Waals surface area contributed by atoms with E-state index in [4.69, 9.17) is 9.57 Å². The summed E-state index contributed by atoms with van der Waals surface area (Å²) in [7, 11) is 0. The van der Waals surface area contributed by atoms with E-state index >= 15 is 0 Å². The molecule has 140 valence electrons. The first kappa shape index (κ1) is 19.4. The summed E-state index contributed by atoms with van der Waals surface area (Å²) in [6.07, 6.45) is -0.758. The fourth-order valence-corrected chi connectivity index (χ4v) is 2.27. The minimum atomic E-state index is -1.10. The molecule has 26 heavy (non-hydrogen) atoms. The van der Waals surface area contributed by atoms with E-state index in [1.807, 2.05) is 23.7 Å². The Kier molecular flexibility index (Phi) is 6.67. The summed E-state index contributed by atoms with van der Waals surface area (Å²) >= 11 is 0. The Hall–Kier alpha value is -2.94. The number of Topliss-reactive ketones (excluding diaryl/α,β-unsaturated/α-hetero) is 1. The largest absolute Gasteiger partial charge is 0.445 e. The number of nitrogens with one attached hydrogen (secondary N) is 3. The smallest absolute Gasteiger partial charge is 0.408 e. The molecule has 1 aliphatic rings. The summed E-state index contributed by atoms with van der Waals surface area (Å²) in [6, 6.07) is 7.06. The third-order valence-corrected chi connectivity index (χ3v) is 3.71. The molecule has 9 nitrogen and oxygen atoms in total. The third kappa shape index (κ3) is 5.28. The van der Waals surface area contributed by atoms with Gasteiger partial charge in [0.25, 0.3) is 0 Å². The average molecular weight is 363 g/mol. The molecule has 1 aromatic rings. The van der Waals surface area contributed by atoms with Gasteiger partial charge in [0.2, 0.25) is 11.7 Å². The molecule has 3 N–H and O–H groups in total. The summed E-state index contributed by atoms with van der Waals surface area (Å²) in [5.41, 5.74) is 2.73. The summed E-state index contributed by atoms with van der Waals surface area (Å²) < 4.78 is 5.10. The number of ketones is 1. The molecule has 0 spiro atoms. The van der Waals surface area contributed by atoms with E-state index in [1.165, 1.54) is 0 Å². The summed E-state index contributed by atoms with van der Waals surface area (Å²) in [6.45, 7) is 3.34. The summed E-state index contributed by atoms with van der Waals surface area (Å²) in [5.74, 6) is -2.61. The quantitative estimate of drug-likeness (QED) is 0.614. The molecule has 0 saturated carbocycles. The van der Waals surface area contributed by atoms with Crippen molar-refractivity contribution in [3.63, 3.8) is 0 Å². The first-order valence-electron chi connectivity index (χ1n) is 8.12. The van der Waals surface area contributed by atoms with Gasteiger partial charge in [-0.15, -0.1) is 0 Å². The van der Waals surface area contributed by atoms with Crippen molar-refractivity contribution in [2.24, 2.45) is 5.92 Å². The first-order chi connectivity index (χ1) is 12.4. The number of ether oxygens (including phenoxy) is 1. The molecule has 1 aliphatic heterocycles.